The standard InChI is InChI=1S/C19H15Cl2N5O2S/c1-19(2,12-4-6-13(20)7-5-12)17-22-23-18-25(17)24-15(10-29-18)11-3-8-14(21)16(9-11)26(27)28/h3-9H,10H2,1-2H3. The maximum absolute atomic E-state index is 11.2. The Balaban J connectivity index is 1.78. The van der Waals surface area contributed by atoms with Crippen LogP contribution in [0.25, 0.3) is 0 Å². The van der Waals surface area contributed by atoms with Crippen LogP contribution in [0.3, 0.4) is 0 Å². The van der Waals surface area contributed by atoms with Gasteiger partial charge in [0.1, 0.15) is 5.02 Å². The molecule has 0 aliphatic carbocycles. The summed E-state index contributed by atoms with van der Waals surface area (Å²) in [4.78, 5) is 10.7. The third kappa shape index (κ3) is 3.63. The second kappa shape index (κ2) is 7.44. The fraction of sp³-hybridized carbons (Fsp3) is 0.211. The minimum atomic E-state index is -0.498. The molecule has 2 heterocycles. The summed E-state index contributed by atoms with van der Waals surface area (Å²) in [5.41, 5.74) is 1.73. The molecule has 2 aromatic carbocycles. The molecule has 1 aliphatic heterocycles. The van der Waals surface area contributed by atoms with Crippen LogP contribution in [0.1, 0.15) is 30.8 Å². The molecule has 1 aliphatic rings. The van der Waals surface area contributed by atoms with Crippen molar-refractivity contribution in [2.75, 3.05) is 5.75 Å². The molecule has 10 heteroatoms. The molecule has 148 valence electrons. The van der Waals surface area contributed by atoms with E-state index in [9.17, 15) is 10.1 Å². The second-order valence-electron chi connectivity index (χ2n) is 7.01. The highest BCUT2D eigenvalue weighted by atomic mass is 35.5. The van der Waals surface area contributed by atoms with Crippen LogP contribution < -0.4 is 0 Å². The number of nitro benzene ring substituents is 1. The number of halogens is 2. The lowest BCUT2D eigenvalue weighted by atomic mass is 9.84. The van der Waals surface area contributed by atoms with Gasteiger partial charge < -0.3 is 0 Å². The Bertz CT molecular complexity index is 1140. The fourth-order valence-electron chi connectivity index (χ4n) is 3.09. The van der Waals surface area contributed by atoms with E-state index in [4.69, 9.17) is 28.3 Å². The van der Waals surface area contributed by atoms with E-state index < -0.39 is 10.3 Å². The highest BCUT2D eigenvalue weighted by Crippen LogP contribution is 2.35. The Labute approximate surface area is 180 Å². The first-order valence-electron chi connectivity index (χ1n) is 8.64. The summed E-state index contributed by atoms with van der Waals surface area (Å²) < 4.78 is 1.71. The van der Waals surface area contributed by atoms with Crippen LogP contribution in [-0.4, -0.2) is 31.3 Å². The van der Waals surface area contributed by atoms with Crippen molar-refractivity contribution in [2.24, 2.45) is 5.10 Å². The lowest BCUT2D eigenvalue weighted by Crippen LogP contribution is -2.25. The Morgan fingerprint density at radius 3 is 2.55 bits per heavy atom. The molecular weight excluding hydrogens is 433 g/mol. The van der Waals surface area contributed by atoms with Crippen molar-refractivity contribution in [1.29, 1.82) is 0 Å². The Morgan fingerprint density at radius 2 is 1.86 bits per heavy atom. The molecule has 0 fully saturated rings. The second-order valence-corrected chi connectivity index (χ2v) is 8.79. The summed E-state index contributed by atoms with van der Waals surface area (Å²) in [7, 11) is 0. The third-order valence-electron chi connectivity index (χ3n) is 4.77. The molecule has 29 heavy (non-hydrogen) atoms. The minimum Gasteiger partial charge on any atom is -0.258 e. The summed E-state index contributed by atoms with van der Waals surface area (Å²) in [6.45, 7) is 4.07. The number of benzene rings is 2. The SMILES string of the molecule is CC(C)(c1ccc(Cl)cc1)c1nnc2n1N=C(c1ccc(Cl)c([N+](=O)[O-])c1)CS2. The summed E-state index contributed by atoms with van der Waals surface area (Å²) in [6.07, 6.45) is 0. The minimum absolute atomic E-state index is 0.0948. The molecule has 0 spiro atoms. The maximum Gasteiger partial charge on any atom is 0.288 e. The summed E-state index contributed by atoms with van der Waals surface area (Å²) >= 11 is 13.4. The van der Waals surface area contributed by atoms with Crippen LogP contribution in [0.4, 0.5) is 5.69 Å². The Kier molecular flexibility index (Phi) is 5.10. The molecule has 7 nitrogen and oxygen atoms in total. The molecular formula is C19H15Cl2N5O2S. The van der Waals surface area contributed by atoms with Crippen LogP contribution in [0, 0.1) is 10.1 Å². The van der Waals surface area contributed by atoms with Gasteiger partial charge in [-0.15, -0.1) is 10.2 Å². The molecule has 0 saturated heterocycles. The first-order chi connectivity index (χ1) is 13.8. The number of aromatic nitrogens is 3. The number of hydrogen-bond acceptors (Lipinski definition) is 6. The average Bonchev–Trinajstić information content (AvgIpc) is 3.12. The number of thioether (sulfide) groups is 1. The van der Waals surface area contributed by atoms with Gasteiger partial charge in [-0.25, -0.2) is 0 Å². The van der Waals surface area contributed by atoms with Gasteiger partial charge in [0.15, 0.2) is 5.82 Å². The number of nitrogens with zero attached hydrogens (tertiary/aromatic N) is 5. The van der Waals surface area contributed by atoms with Gasteiger partial charge in [-0.05, 0) is 37.6 Å². The van der Waals surface area contributed by atoms with E-state index in [-0.39, 0.29) is 10.7 Å². The Morgan fingerprint density at radius 1 is 1.14 bits per heavy atom. The van der Waals surface area contributed by atoms with Gasteiger partial charge in [0.25, 0.3) is 5.69 Å². The molecule has 1 aromatic heterocycles. The van der Waals surface area contributed by atoms with Crippen LogP contribution in [-0.2, 0) is 5.41 Å². The van der Waals surface area contributed by atoms with E-state index in [0.717, 1.165) is 5.56 Å². The Hall–Kier alpha value is -2.42. The highest BCUT2D eigenvalue weighted by molar-refractivity contribution is 7.99. The zero-order valence-corrected chi connectivity index (χ0v) is 17.8. The smallest absolute Gasteiger partial charge is 0.258 e. The third-order valence-corrected chi connectivity index (χ3v) is 6.27. The van der Waals surface area contributed by atoms with E-state index >= 15 is 0 Å². The zero-order chi connectivity index (χ0) is 20.8. The average molecular weight is 448 g/mol. The molecule has 0 bridgehead atoms. The van der Waals surface area contributed by atoms with E-state index in [1.807, 2.05) is 38.1 Å². The normalized spacial score (nSPS) is 13.7. The van der Waals surface area contributed by atoms with Crippen molar-refractivity contribution in [1.82, 2.24) is 14.9 Å². The van der Waals surface area contributed by atoms with Gasteiger partial charge in [0.05, 0.1) is 16.0 Å². The molecule has 3 aromatic rings. The molecule has 0 atom stereocenters. The topological polar surface area (TPSA) is 86.2 Å². The molecule has 0 radical (unpaired) electrons. The molecule has 4 rings (SSSR count). The first kappa shape index (κ1) is 19.9. The molecule has 0 N–H and O–H groups in total. The predicted molar refractivity (Wildman–Crippen MR) is 114 cm³/mol. The van der Waals surface area contributed by atoms with Crippen molar-refractivity contribution in [2.45, 2.75) is 24.4 Å². The lowest BCUT2D eigenvalue weighted by Gasteiger charge is -2.25. The highest BCUT2D eigenvalue weighted by Gasteiger charge is 2.32. The van der Waals surface area contributed by atoms with E-state index in [0.29, 0.717) is 33.0 Å². The van der Waals surface area contributed by atoms with Gasteiger partial charge in [-0.1, -0.05) is 53.2 Å². The van der Waals surface area contributed by atoms with Crippen LogP contribution in [0.2, 0.25) is 10.0 Å². The van der Waals surface area contributed by atoms with Gasteiger partial charge in [0.2, 0.25) is 5.16 Å². The van der Waals surface area contributed by atoms with Crippen LogP contribution >= 0.6 is 35.0 Å². The van der Waals surface area contributed by atoms with Crippen LogP contribution in [0.15, 0.2) is 52.7 Å². The van der Waals surface area contributed by atoms with Gasteiger partial charge in [-0.2, -0.15) is 9.78 Å². The number of fused-ring (bicyclic) bond motifs is 1. The fourth-order valence-corrected chi connectivity index (χ4v) is 4.24. The van der Waals surface area contributed by atoms with E-state index in [1.54, 1.807) is 10.7 Å². The monoisotopic (exact) mass is 447 g/mol. The number of nitro groups is 1. The summed E-state index contributed by atoms with van der Waals surface area (Å²) in [6, 6.07) is 12.3. The first-order valence-corrected chi connectivity index (χ1v) is 10.4. The summed E-state index contributed by atoms with van der Waals surface area (Å²) in [5.74, 6) is 1.20. The van der Waals surface area contributed by atoms with Crippen LogP contribution in [0.5, 0.6) is 0 Å². The summed E-state index contributed by atoms with van der Waals surface area (Å²) in [5, 5.41) is 26.0. The van der Waals surface area contributed by atoms with Gasteiger partial charge in [0, 0.05) is 22.4 Å². The molecule has 0 saturated carbocycles. The van der Waals surface area contributed by atoms with Crippen molar-refractivity contribution < 1.29 is 4.92 Å². The quantitative estimate of drug-likeness (QED) is 0.406. The van der Waals surface area contributed by atoms with Crippen molar-refractivity contribution in [3.63, 3.8) is 0 Å². The number of hydrogen-bond donors (Lipinski definition) is 0. The predicted octanol–water partition coefficient (Wildman–Crippen LogP) is 5.18. The van der Waals surface area contributed by atoms with Crippen molar-refractivity contribution >= 4 is 46.4 Å². The largest absolute Gasteiger partial charge is 0.288 e. The zero-order valence-electron chi connectivity index (χ0n) is 15.5. The van der Waals surface area contributed by atoms with Crippen molar-refractivity contribution in [3.8, 4) is 0 Å². The maximum atomic E-state index is 11.2. The van der Waals surface area contributed by atoms with E-state index in [2.05, 4.69) is 10.2 Å². The number of rotatable bonds is 4. The molecule has 0 unspecified atom stereocenters. The lowest BCUT2D eigenvalue weighted by molar-refractivity contribution is -0.384. The van der Waals surface area contributed by atoms with Crippen molar-refractivity contribution in [3.05, 3.63) is 79.6 Å². The van der Waals surface area contributed by atoms with E-state index in [1.165, 1.54) is 23.9 Å². The molecule has 0 amide bonds. The van der Waals surface area contributed by atoms with Gasteiger partial charge >= 0.3 is 0 Å². The van der Waals surface area contributed by atoms with Gasteiger partial charge in [-0.3, -0.25) is 10.1 Å².